The normalized spacial score (nSPS) is 21.4. The van der Waals surface area contributed by atoms with Crippen molar-refractivity contribution in [2.45, 2.75) is 75.9 Å². The van der Waals surface area contributed by atoms with Crippen LogP contribution in [0.1, 0.15) is 56.7 Å². The first kappa shape index (κ1) is 29.6. The van der Waals surface area contributed by atoms with E-state index in [9.17, 15) is 24.3 Å². The fourth-order valence-electron chi connectivity index (χ4n) is 5.96. The highest BCUT2D eigenvalue weighted by molar-refractivity contribution is 8.14. The van der Waals surface area contributed by atoms with Crippen LogP contribution in [0.15, 0.2) is 67.3 Å². The first-order valence-electron chi connectivity index (χ1n) is 14.5. The molecule has 1 fully saturated rings. The Morgan fingerprint density at radius 2 is 1.90 bits per heavy atom. The number of carboxylic acid groups (broad SMARTS) is 1. The van der Waals surface area contributed by atoms with Gasteiger partial charge in [-0.3, -0.25) is 14.4 Å². The molecule has 9 nitrogen and oxygen atoms in total. The van der Waals surface area contributed by atoms with Gasteiger partial charge >= 0.3 is 5.97 Å². The predicted octanol–water partition coefficient (Wildman–Crippen LogP) is 4.47. The summed E-state index contributed by atoms with van der Waals surface area (Å²) >= 11 is 0.974. The molecule has 0 radical (unpaired) electrons. The van der Waals surface area contributed by atoms with Crippen LogP contribution in [0.5, 0.6) is 0 Å². The van der Waals surface area contributed by atoms with Crippen LogP contribution in [0, 0.1) is 5.92 Å². The van der Waals surface area contributed by atoms with Gasteiger partial charge in [0.15, 0.2) is 0 Å². The molecule has 2 aromatic carbocycles. The zero-order valence-corrected chi connectivity index (χ0v) is 24.6. The van der Waals surface area contributed by atoms with Crippen LogP contribution in [0.3, 0.4) is 0 Å². The van der Waals surface area contributed by atoms with Gasteiger partial charge < -0.3 is 19.9 Å². The minimum Gasteiger partial charge on any atom is -0.480 e. The Morgan fingerprint density at radius 3 is 2.60 bits per heavy atom. The smallest absolute Gasteiger partial charge is 0.326 e. The summed E-state index contributed by atoms with van der Waals surface area (Å²) in [4.78, 5) is 58.5. The average molecular weight is 589 g/mol. The highest BCUT2D eigenvalue weighted by Gasteiger charge is 2.45. The van der Waals surface area contributed by atoms with E-state index in [1.807, 2.05) is 56.3 Å². The number of fused-ring (bicyclic) bond motifs is 3. The Bertz CT molecular complexity index is 1440. The van der Waals surface area contributed by atoms with Crippen LogP contribution in [0.4, 0.5) is 0 Å². The molecule has 0 spiro atoms. The molecular formula is C32H36N4O5S. The SMILES string of the molecule is CC[C@H](C)[C@H](SC(=O)Cn1ccnc1)C(=O)N[C@H]1Cc2ccc(-c3ccccc3)cc2[C@H]2CCC[C@@H](C(=O)O)N2C1=O. The maximum atomic E-state index is 14.1. The fraction of sp³-hybridized carbons (Fsp3) is 0.406. The number of hydrogen-bond acceptors (Lipinski definition) is 6. The lowest BCUT2D eigenvalue weighted by atomic mass is 9.87. The van der Waals surface area contributed by atoms with Crippen LogP contribution >= 0.6 is 11.8 Å². The van der Waals surface area contributed by atoms with Crippen molar-refractivity contribution in [3.05, 3.63) is 78.4 Å². The Kier molecular flexibility index (Phi) is 9.11. The van der Waals surface area contributed by atoms with Crippen LogP contribution in [-0.4, -0.2) is 59.8 Å². The lowest BCUT2D eigenvalue weighted by Crippen LogP contribution is -2.56. The summed E-state index contributed by atoms with van der Waals surface area (Å²) < 4.78 is 1.65. The zero-order valence-electron chi connectivity index (χ0n) is 23.8. The number of thioether (sulfide) groups is 1. The molecule has 10 heteroatoms. The summed E-state index contributed by atoms with van der Waals surface area (Å²) in [6, 6.07) is 13.7. The third kappa shape index (κ3) is 6.28. The van der Waals surface area contributed by atoms with Crippen LogP contribution < -0.4 is 5.32 Å². The molecular weight excluding hydrogens is 552 g/mol. The Hall–Kier alpha value is -3.92. The molecule has 2 aliphatic rings. The highest BCUT2D eigenvalue weighted by atomic mass is 32.2. The van der Waals surface area contributed by atoms with Gasteiger partial charge in [0.2, 0.25) is 16.9 Å². The standard InChI is InChI=1S/C32H36N4O5S/c1-3-20(2)29(42-28(37)18-35-15-14-33-19-35)30(38)34-25-17-23-13-12-22(21-8-5-4-6-9-21)16-24(23)26-10-7-11-27(32(40)41)36(26)31(25)39/h4-6,8-9,12-16,19-20,25-27,29H,3,7,10-11,17-18H2,1-2H3,(H,34,38)(H,40,41)/t20-,25-,26+,27-,29-/m0/s1. The van der Waals surface area contributed by atoms with Gasteiger partial charge in [0.25, 0.3) is 0 Å². The molecule has 3 heterocycles. The molecule has 3 aromatic rings. The minimum absolute atomic E-state index is 0.0834. The van der Waals surface area contributed by atoms with Crippen molar-refractivity contribution in [1.29, 1.82) is 0 Å². The van der Waals surface area contributed by atoms with Crippen molar-refractivity contribution < 1.29 is 24.3 Å². The number of carbonyl (C=O) groups excluding carboxylic acids is 3. The number of piperidine rings is 1. The summed E-state index contributed by atoms with van der Waals surface area (Å²) in [5, 5.41) is 12.2. The predicted molar refractivity (Wildman–Crippen MR) is 160 cm³/mol. The average Bonchev–Trinajstić information content (AvgIpc) is 3.48. The fourth-order valence-corrected chi connectivity index (χ4v) is 7.07. The lowest BCUT2D eigenvalue weighted by molar-refractivity contribution is -0.156. The minimum atomic E-state index is -1.04. The van der Waals surface area contributed by atoms with E-state index < -0.39 is 41.2 Å². The molecule has 0 saturated carbocycles. The second kappa shape index (κ2) is 12.9. The molecule has 0 unspecified atom stereocenters. The number of benzene rings is 2. The first-order chi connectivity index (χ1) is 20.3. The third-order valence-corrected chi connectivity index (χ3v) is 9.69. The Morgan fingerprint density at radius 1 is 1.12 bits per heavy atom. The van der Waals surface area contributed by atoms with Gasteiger partial charge in [0.05, 0.1) is 24.2 Å². The summed E-state index contributed by atoms with van der Waals surface area (Å²) in [6.45, 7) is 3.96. The number of carbonyl (C=O) groups is 4. The summed E-state index contributed by atoms with van der Waals surface area (Å²) in [7, 11) is 0. The van der Waals surface area contributed by atoms with Crippen LogP contribution in [0.2, 0.25) is 0 Å². The molecule has 1 aromatic heterocycles. The van der Waals surface area contributed by atoms with Gasteiger partial charge in [-0.15, -0.1) is 0 Å². The molecule has 42 heavy (non-hydrogen) atoms. The number of hydrogen-bond donors (Lipinski definition) is 2. The molecule has 5 atom stereocenters. The molecule has 220 valence electrons. The third-order valence-electron chi connectivity index (χ3n) is 8.37. The van der Waals surface area contributed by atoms with Gasteiger partial charge in [-0.1, -0.05) is 74.5 Å². The first-order valence-corrected chi connectivity index (χ1v) is 15.3. The Balaban J connectivity index is 1.45. The molecule has 0 bridgehead atoms. The van der Waals surface area contributed by atoms with E-state index in [2.05, 4.69) is 16.4 Å². The summed E-state index contributed by atoms with van der Waals surface area (Å²) in [5.74, 6) is -1.95. The van der Waals surface area contributed by atoms with Gasteiger partial charge in [-0.2, -0.15) is 0 Å². The Labute approximate surface area is 249 Å². The molecule has 1 saturated heterocycles. The van der Waals surface area contributed by atoms with E-state index in [1.54, 1.807) is 23.3 Å². The number of nitrogens with one attached hydrogen (secondary N) is 1. The zero-order chi connectivity index (χ0) is 29.8. The molecule has 0 aliphatic carbocycles. The number of nitrogens with zero attached hydrogens (tertiary/aromatic N) is 3. The molecule has 5 rings (SSSR count). The van der Waals surface area contributed by atoms with E-state index in [4.69, 9.17) is 0 Å². The van der Waals surface area contributed by atoms with E-state index in [0.717, 1.165) is 34.0 Å². The maximum absolute atomic E-state index is 14.1. The van der Waals surface area contributed by atoms with Crippen molar-refractivity contribution in [3.8, 4) is 11.1 Å². The summed E-state index contributed by atoms with van der Waals surface area (Å²) in [5.41, 5.74) is 3.87. The van der Waals surface area contributed by atoms with Gasteiger partial charge in [0.1, 0.15) is 12.1 Å². The molecule has 2 amide bonds. The van der Waals surface area contributed by atoms with Gasteiger partial charge in [-0.05, 0) is 53.5 Å². The van der Waals surface area contributed by atoms with E-state index in [-0.39, 0.29) is 24.0 Å². The van der Waals surface area contributed by atoms with E-state index in [1.165, 1.54) is 4.90 Å². The molecule has 2 N–H and O–H groups in total. The van der Waals surface area contributed by atoms with Crippen molar-refractivity contribution in [2.75, 3.05) is 0 Å². The van der Waals surface area contributed by atoms with Crippen molar-refractivity contribution in [3.63, 3.8) is 0 Å². The van der Waals surface area contributed by atoms with Crippen molar-refractivity contribution >= 4 is 34.7 Å². The van der Waals surface area contributed by atoms with Gasteiger partial charge in [-0.25, -0.2) is 9.78 Å². The number of aromatic nitrogens is 2. The van der Waals surface area contributed by atoms with Gasteiger partial charge in [0, 0.05) is 18.8 Å². The van der Waals surface area contributed by atoms with Crippen LogP contribution in [-0.2, 0) is 32.1 Å². The quantitative estimate of drug-likeness (QED) is 0.378. The monoisotopic (exact) mass is 588 g/mol. The number of carboxylic acids is 1. The molecule has 2 aliphatic heterocycles. The van der Waals surface area contributed by atoms with E-state index >= 15 is 0 Å². The van der Waals surface area contributed by atoms with Crippen molar-refractivity contribution in [2.24, 2.45) is 5.92 Å². The lowest BCUT2D eigenvalue weighted by Gasteiger charge is -2.41. The van der Waals surface area contributed by atoms with Crippen molar-refractivity contribution in [1.82, 2.24) is 19.8 Å². The maximum Gasteiger partial charge on any atom is 0.326 e. The second-order valence-electron chi connectivity index (χ2n) is 11.1. The number of aliphatic carboxylic acids is 1. The van der Waals surface area contributed by atoms with E-state index in [0.29, 0.717) is 25.7 Å². The number of imidazole rings is 1. The highest BCUT2D eigenvalue weighted by Crippen LogP contribution is 2.41. The topological polar surface area (TPSA) is 122 Å². The largest absolute Gasteiger partial charge is 0.480 e. The number of amides is 2. The summed E-state index contributed by atoms with van der Waals surface area (Å²) in [6.07, 6.45) is 7.44. The number of rotatable bonds is 9. The van der Waals surface area contributed by atoms with Crippen LogP contribution in [0.25, 0.3) is 11.1 Å². The second-order valence-corrected chi connectivity index (χ2v) is 12.3.